The van der Waals surface area contributed by atoms with Crippen LogP contribution in [0.3, 0.4) is 0 Å². The van der Waals surface area contributed by atoms with Gasteiger partial charge in [-0.3, -0.25) is 4.98 Å². The molecule has 0 radical (unpaired) electrons. The number of hydrogen-bond donors (Lipinski definition) is 1. The third-order valence-electron chi connectivity index (χ3n) is 7.12. The number of pyridine rings is 1. The van der Waals surface area contributed by atoms with Crippen molar-refractivity contribution in [1.82, 2.24) is 15.0 Å². The van der Waals surface area contributed by atoms with Gasteiger partial charge in [0.1, 0.15) is 11.0 Å². The molecule has 6 rings (SSSR count). The molecule has 1 N–H and O–H groups in total. The number of benzene rings is 1. The third kappa shape index (κ3) is 4.01. The van der Waals surface area contributed by atoms with E-state index in [2.05, 4.69) is 51.7 Å². The number of fused-ring (bicyclic) bond motifs is 9. The van der Waals surface area contributed by atoms with Gasteiger partial charge in [-0.1, -0.05) is 35.9 Å². The second kappa shape index (κ2) is 8.30. The van der Waals surface area contributed by atoms with Crippen LogP contribution in [0.15, 0.2) is 70.9 Å². The van der Waals surface area contributed by atoms with E-state index in [1.165, 1.54) is 17.3 Å². The molecule has 8 heteroatoms. The first-order valence-corrected chi connectivity index (χ1v) is 13.3. The number of aromatic nitrogens is 3. The van der Waals surface area contributed by atoms with Gasteiger partial charge in [0.05, 0.1) is 5.69 Å². The highest BCUT2D eigenvalue weighted by Crippen LogP contribution is 2.42. The van der Waals surface area contributed by atoms with Crippen molar-refractivity contribution in [3.05, 3.63) is 88.4 Å². The Morgan fingerprint density at radius 3 is 2.80 bits per heavy atom. The molecule has 2 aliphatic carbocycles. The molecule has 1 aromatic carbocycles. The molecule has 0 saturated heterocycles. The number of hydrogen-bond acceptors (Lipinski definition) is 6. The topological polar surface area (TPSA) is 94.1 Å². The summed E-state index contributed by atoms with van der Waals surface area (Å²) in [5.74, 6) is 0.420. The largest absolute Gasteiger partial charge is 0.469 e. The standard InChI is InChI=1S/C27H26N4O3S/c1-16-6-5-7-17(2)26(16)23-13-25-30-27(29-23)31-35(32,33)21-11-20(14-28-15-21)19-10-18-8-3-4-9-22(18)24(12-19)34-25/h3-4,6,8-9,11,13-15,19,24H,5,7,10,12H2,1-2H3,(H,29,30,31)/t19?,24-/m0/s1. The summed E-state index contributed by atoms with van der Waals surface area (Å²) in [5.41, 5.74) is 7.21. The van der Waals surface area contributed by atoms with Gasteiger partial charge in [0.2, 0.25) is 11.8 Å². The van der Waals surface area contributed by atoms with E-state index in [-0.39, 0.29) is 22.9 Å². The normalized spacial score (nSPS) is 22.5. The SMILES string of the molecule is CC1=CCCC(C)=C1c1cc2nc(n1)NS(=O)(=O)c1cncc(c1)C1Cc3ccccc3[C@H](C1)O2. The van der Waals surface area contributed by atoms with E-state index in [9.17, 15) is 8.42 Å². The van der Waals surface area contributed by atoms with Crippen LogP contribution in [0.25, 0.3) is 5.57 Å². The molecule has 3 aliphatic rings. The first-order valence-electron chi connectivity index (χ1n) is 11.9. The highest BCUT2D eigenvalue weighted by atomic mass is 32.2. The Hall–Kier alpha value is -3.52. The zero-order valence-electron chi connectivity index (χ0n) is 19.7. The number of allylic oxidation sites excluding steroid dienone is 4. The van der Waals surface area contributed by atoms with Crippen molar-refractivity contribution in [2.24, 2.45) is 0 Å². The van der Waals surface area contributed by atoms with Crippen LogP contribution in [-0.2, 0) is 16.4 Å². The molecule has 3 heterocycles. The molecule has 1 unspecified atom stereocenters. The number of ether oxygens (including phenoxy) is 1. The third-order valence-corrected chi connectivity index (χ3v) is 8.42. The first-order chi connectivity index (χ1) is 16.9. The van der Waals surface area contributed by atoms with Crippen molar-refractivity contribution in [3.63, 3.8) is 0 Å². The van der Waals surface area contributed by atoms with Crippen molar-refractivity contribution >= 4 is 21.5 Å². The fourth-order valence-corrected chi connectivity index (χ4v) is 6.35. The van der Waals surface area contributed by atoms with E-state index >= 15 is 0 Å². The highest BCUT2D eigenvalue weighted by molar-refractivity contribution is 7.92. The van der Waals surface area contributed by atoms with Gasteiger partial charge in [-0.2, -0.15) is 4.98 Å². The van der Waals surface area contributed by atoms with Gasteiger partial charge in [0, 0.05) is 24.0 Å². The van der Waals surface area contributed by atoms with Crippen LogP contribution < -0.4 is 9.46 Å². The molecule has 178 valence electrons. The van der Waals surface area contributed by atoms with Crippen LogP contribution in [0.5, 0.6) is 5.88 Å². The monoisotopic (exact) mass is 486 g/mol. The maximum Gasteiger partial charge on any atom is 0.265 e. The van der Waals surface area contributed by atoms with E-state index in [1.54, 1.807) is 12.3 Å². The summed E-state index contributed by atoms with van der Waals surface area (Å²) in [6, 6.07) is 11.8. The van der Waals surface area contributed by atoms with Crippen LogP contribution in [0, 0.1) is 0 Å². The number of anilines is 1. The summed E-state index contributed by atoms with van der Waals surface area (Å²) >= 11 is 0. The Balaban J connectivity index is 1.56. The maximum atomic E-state index is 13.3. The Kier molecular flexibility index (Phi) is 5.21. The van der Waals surface area contributed by atoms with Crippen molar-refractivity contribution in [1.29, 1.82) is 0 Å². The van der Waals surface area contributed by atoms with Gasteiger partial charge in [-0.15, -0.1) is 0 Å². The smallest absolute Gasteiger partial charge is 0.265 e. The average molecular weight is 487 g/mol. The fraction of sp³-hybridized carbons (Fsp3) is 0.296. The number of nitrogens with zero attached hydrogens (tertiary/aromatic N) is 3. The fourth-order valence-electron chi connectivity index (χ4n) is 5.41. The average Bonchev–Trinajstić information content (AvgIpc) is 2.83. The van der Waals surface area contributed by atoms with Crippen molar-refractivity contribution in [2.45, 2.75) is 56.4 Å². The lowest BCUT2D eigenvalue weighted by molar-refractivity contribution is 0.166. The molecule has 0 fully saturated rings. The molecule has 0 spiro atoms. The van der Waals surface area contributed by atoms with Crippen LogP contribution >= 0.6 is 0 Å². The Labute approximate surface area is 205 Å². The molecule has 2 atom stereocenters. The maximum absolute atomic E-state index is 13.3. The molecule has 2 aromatic heterocycles. The zero-order chi connectivity index (χ0) is 24.2. The van der Waals surface area contributed by atoms with Crippen LogP contribution in [0.4, 0.5) is 5.95 Å². The molecule has 1 aliphatic heterocycles. The summed E-state index contributed by atoms with van der Waals surface area (Å²) in [4.78, 5) is 13.5. The molecular weight excluding hydrogens is 460 g/mol. The number of nitrogens with one attached hydrogen (secondary N) is 1. The highest BCUT2D eigenvalue weighted by Gasteiger charge is 2.32. The Bertz CT molecular complexity index is 1510. The lowest BCUT2D eigenvalue weighted by Crippen LogP contribution is -2.24. The van der Waals surface area contributed by atoms with Gasteiger partial charge >= 0.3 is 0 Å². The van der Waals surface area contributed by atoms with Crippen molar-refractivity contribution in [2.75, 3.05) is 4.72 Å². The Morgan fingerprint density at radius 1 is 1.09 bits per heavy atom. The quantitative estimate of drug-likeness (QED) is 0.498. The van der Waals surface area contributed by atoms with Crippen LogP contribution in [0.1, 0.15) is 67.5 Å². The van der Waals surface area contributed by atoms with E-state index in [1.807, 2.05) is 18.2 Å². The van der Waals surface area contributed by atoms with E-state index < -0.39 is 10.0 Å². The summed E-state index contributed by atoms with van der Waals surface area (Å²) in [7, 11) is -3.93. The minimum Gasteiger partial charge on any atom is -0.469 e. The Morgan fingerprint density at radius 2 is 1.94 bits per heavy atom. The van der Waals surface area contributed by atoms with Crippen LogP contribution in [-0.4, -0.2) is 23.4 Å². The number of sulfonamides is 1. The zero-order valence-corrected chi connectivity index (χ0v) is 20.5. The van der Waals surface area contributed by atoms with Gasteiger partial charge in [0.15, 0.2) is 0 Å². The van der Waals surface area contributed by atoms with Crippen LogP contribution in [0.2, 0.25) is 0 Å². The number of rotatable bonds is 1. The molecule has 35 heavy (non-hydrogen) atoms. The lowest BCUT2D eigenvalue weighted by Gasteiger charge is -2.32. The molecule has 3 aromatic rings. The van der Waals surface area contributed by atoms with Crippen molar-refractivity contribution in [3.8, 4) is 5.88 Å². The van der Waals surface area contributed by atoms with Gasteiger partial charge < -0.3 is 4.74 Å². The summed E-state index contributed by atoms with van der Waals surface area (Å²) < 4.78 is 35.6. The van der Waals surface area contributed by atoms with Crippen molar-refractivity contribution < 1.29 is 13.2 Å². The summed E-state index contributed by atoms with van der Waals surface area (Å²) in [6.07, 6.45) is 8.50. The summed E-state index contributed by atoms with van der Waals surface area (Å²) in [5, 5.41) is 0. The lowest BCUT2D eigenvalue weighted by atomic mass is 9.79. The predicted octanol–water partition coefficient (Wildman–Crippen LogP) is 5.35. The second-order valence-electron chi connectivity index (χ2n) is 9.50. The molecule has 0 amide bonds. The molecule has 7 nitrogen and oxygen atoms in total. The van der Waals surface area contributed by atoms with Gasteiger partial charge in [-0.25, -0.2) is 18.1 Å². The van der Waals surface area contributed by atoms with E-state index in [4.69, 9.17) is 4.74 Å². The molecule has 0 saturated carbocycles. The van der Waals surface area contributed by atoms with Gasteiger partial charge in [-0.05, 0) is 73.8 Å². The van der Waals surface area contributed by atoms with Gasteiger partial charge in [0.25, 0.3) is 10.0 Å². The molecular formula is C27H26N4O3S. The molecule has 6 bridgehead atoms. The predicted molar refractivity (Wildman–Crippen MR) is 134 cm³/mol. The first kappa shape index (κ1) is 22.0. The minimum atomic E-state index is -3.93. The van der Waals surface area contributed by atoms with E-state index in [0.29, 0.717) is 18.0 Å². The summed E-state index contributed by atoms with van der Waals surface area (Å²) in [6.45, 7) is 4.15. The van der Waals surface area contributed by atoms with E-state index in [0.717, 1.165) is 41.5 Å². The second-order valence-corrected chi connectivity index (χ2v) is 11.2. The minimum absolute atomic E-state index is 0.0113.